The summed E-state index contributed by atoms with van der Waals surface area (Å²) >= 11 is 14.5. The van der Waals surface area contributed by atoms with E-state index in [1.807, 2.05) is 0 Å². The number of methoxy groups -OCH3 is 1. The van der Waals surface area contributed by atoms with Gasteiger partial charge in [-0.1, -0.05) is 23.7 Å². The third kappa shape index (κ3) is 3.69. The molecule has 1 aliphatic rings. The van der Waals surface area contributed by atoms with E-state index in [1.54, 1.807) is 30.3 Å². The number of benzene rings is 2. The van der Waals surface area contributed by atoms with E-state index >= 15 is 0 Å². The number of thiocarbonyl (C=S) groups is 1. The van der Waals surface area contributed by atoms with E-state index in [0.29, 0.717) is 20.7 Å². The number of rotatable bonds is 3. The number of carbonyl (C=O) groups excluding carboxylic acids is 2. The number of para-hydroxylation sites is 1. The van der Waals surface area contributed by atoms with Gasteiger partial charge in [-0.3, -0.25) is 19.8 Å². The van der Waals surface area contributed by atoms with Crippen molar-refractivity contribution in [3.8, 4) is 11.5 Å². The summed E-state index contributed by atoms with van der Waals surface area (Å²) in [5.74, 6) is -1.13. The van der Waals surface area contributed by atoms with Crippen LogP contribution in [-0.2, 0) is 9.59 Å². The number of nitrogens with one attached hydrogen (secondary N) is 1. The molecular weight excluding hydrogens is 456 g/mol. The maximum absolute atomic E-state index is 13.0. The van der Waals surface area contributed by atoms with Crippen molar-refractivity contribution in [2.75, 3.05) is 12.0 Å². The Morgan fingerprint density at radius 3 is 2.67 bits per heavy atom. The predicted molar refractivity (Wildman–Crippen MR) is 110 cm³/mol. The fraction of sp³-hybridized carbons (Fsp3) is 0.0556. The van der Waals surface area contributed by atoms with Crippen molar-refractivity contribution in [3.63, 3.8) is 0 Å². The Balaban J connectivity index is 2.08. The Hall–Kier alpha value is -2.42. The smallest absolute Gasteiger partial charge is 0.270 e. The monoisotopic (exact) mass is 466 g/mol. The van der Waals surface area contributed by atoms with Crippen LogP contribution < -0.4 is 15.0 Å². The molecule has 2 aromatic carbocycles. The Morgan fingerprint density at radius 2 is 2.00 bits per heavy atom. The van der Waals surface area contributed by atoms with Crippen LogP contribution in [0, 0.1) is 0 Å². The first-order valence-electron chi connectivity index (χ1n) is 7.56. The number of aromatic hydroxyl groups is 1. The minimum absolute atomic E-state index is 0.0558. The van der Waals surface area contributed by atoms with Crippen LogP contribution in [-0.4, -0.2) is 29.1 Å². The quantitative estimate of drug-likeness (QED) is 0.409. The molecule has 1 aliphatic heterocycles. The van der Waals surface area contributed by atoms with Crippen LogP contribution in [0.2, 0.25) is 5.02 Å². The molecule has 0 atom stereocenters. The average molecular weight is 468 g/mol. The molecule has 0 aliphatic carbocycles. The van der Waals surface area contributed by atoms with Crippen molar-refractivity contribution < 1.29 is 19.4 Å². The van der Waals surface area contributed by atoms with E-state index in [2.05, 4.69) is 21.2 Å². The number of nitrogens with zero attached hydrogens (tertiary/aromatic N) is 1. The first-order chi connectivity index (χ1) is 12.8. The molecule has 1 saturated heterocycles. The van der Waals surface area contributed by atoms with Gasteiger partial charge >= 0.3 is 0 Å². The second-order valence-corrected chi connectivity index (χ2v) is 7.11. The lowest BCUT2D eigenvalue weighted by Crippen LogP contribution is -2.54. The second-order valence-electron chi connectivity index (χ2n) is 5.46. The minimum atomic E-state index is -0.628. The number of phenolic OH excluding ortho intramolecular Hbond substituents is 1. The summed E-state index contributed by atoms with van der Waals surface area (Å²) < 4.78 is 5.45. The van der Waals surface area contributed by atoms with Gasteiger partial charge in [0, 0.05) is 0 Å². The number of phenols is 1. The number of anilines is 1. The molecule has 2 amide bonds. The molecule has 1 heterocycles. The SMILES string of the molecule is COc1cc(/C=C2\C(=O)NC(=S)N(c3ccccc3Cl)C2=O)cc(Br)c1O. The summed E-state index contributed by atoms with van der Waals surface area (Å²) in [6, 6.07) is 9.73. The Kier molecular flexibility index (Phi) is 5.50. The molecule has 0 unspecified atom stereocenters. The number of hydrogen-bond donors (Lipinski definition) is 2. The Bertz CT molecular complexity index is 1010. The third-order valence-electron chi connectivity index (χ3n) is 3.78. The van der Waals surface area contributed by atoms with Crippen molar-refractivity contribution in [1.29, 1.82) is 0 Å². The van der Waals surface area contributed by atoms with Crippen LogP contribution in [0.1, 0.15) is 5.56 Å². The van der Waals surface area contributed by atoms with E-state index in [1.165, 1.54) is 19.3 Å². The summed E-state index contributed by atoms with van der Waals surface area (Å²) in [5.41, 5.74) is 0.703. The minimum Gasteiger partial charge on any atom is -0.503 e. The van der Waals surface area contributed by atoms with Crippen LogP contribution in [0.5, 0.6) is 11.5 Å². The average Bonchev–Trinajstić information content (AvgIpc) is 2.62. The second kappa shape index (κ2) is 7.67. The van der Waals surface area contributed by atoms with E-state index in [0.717, 1.165) is 4.90 Å². The Labute approximate surface area is 173 Å². The molecule has 9 heteroatoms. The van der Waals surface area contributed by atoms with E-state index in [4.69, 9.17) is 28.6 Å². The van der Waals surface area contributed by atoms with Crippen molar-refractivity contribution in [3.05, 3.63) is 57.0 Å². The zero-order chi connectivity index (χ0) is 19.7. The van der Waals surface area contributed by atoms with Gasteiger partial charge in [-0.2, -0.15) is 0 Å². The first kappa shape index (κ1) is 19.3. The van der Waals surface area contributed by atoms with Crippen molar-refractivity contribution in [2.45, 2.75) is 0 Å². The number of ether oxygens (including phenoxy) is 1. The van der Waals surface area contributed by atoms with Gasteiger partial charge in [-0.25, -0.2) is 0 Å². The summed E-state index contributed by atoms with van der Waals surface area (Å²) in [7, 11) is 1.40. The highest BCUT2D eigenvalue weighted by Crippen LogP contribution is 2.36. The molecule has 3 rings (SSSR count). The highest BCUT2D eigenvalue weighted by molar-refractivity contribution is 9.10. The van der Waals surface area contributed by atoms with Crippen LogP contribution in [0.4, 0.5) is 5.69 Å². The fourth-order valence-electron chi connectivity index (χ4n) is 2.51. The van der Waals surface area contributed by atoms with E-state index in [9.17, 15) is 14.7 Å². The van der Waals surface area contributed by atoms with Crippen LogP contribution in [0.15, 0.2) is 46.4 Å². The zero-order valence-corrected chi connectivity index (χ0v) is 17.0. The number of halogens is 2. The summed E-state index contributed by atoms with van der Waals surface area (Å²) in [5, 5.41) is 12.7. The third-order valence-corrected chi connectivity index (χ3v) is 4.99. The molecule has 0 bridgehead atoms. The van der Waals surface area contributed by atoms with Crippen LogP contribution in [0.3, 0.4) is 0 Å². The maximum atomic E-state index is 13.0. The van der Waals surface area contributed by atoms with Crippen LogP contribution in [0.25, 0.3) is 6.08 Å². The highest BCUT2D eigenvalue weighted by Gasteiger charge is 2.35. The number of hydrogen-bond acceptors (Lipinski definition) is 5. The van der Waals surface area contributed by atoms with Gasteiger partial charge in [-0.05, 0) is 64.1 Å². The van der Waals surface area contributed by atoms with Crippen molar-refractivity contribution in [1.82, 2.24) is 5.32 Å². The van der Waals surface area contributed by atoms with Gasteiger partial charge in [0.05, 0.1) is 22.3 Å². The van der Waals surface area contributed by atoms with Crippen molar-refractivity contribution in [2.24, 2.45) is 0 Å². The summed E-state index contributed by atoms with van der Waals surface area (Å²) in [4.78, 5) is 26.5. The molecule has 0 spiro atoms. The summed E-state index contributed by atoms with van der Waals surface area (Å²) in [6.45, 7) is 0. The van der Waals surface area contributed by atoms with Gasteiger partial charge in [0.15, 0.2) is 16.6 Å². The molecule has 0 radical (unpaired) electrons. The van der Waals surface area contributed by atoms with Gasteiger partial charge in [-0.15, -0.1) is 0 Å². The van der Waals surface area contributed by atoms with E-state index in [-0.39, 0.29) is 22.2 Å². The maximum Gasteiger partial charge on any atom is 0.270 e. The van der Waals surface area contributed by atoms with Crippen molar-refractivity contribution >= 4 is 68.4 Å². The standard InChI is InChI=1S/C18H12BrClN2O4S/c1-26-14-8-9(7-11(19)15(14)23)6-10-16(24)21-18(27)22(17(10)25)13-5-3-2-4-12(13)20/h2-8,23H,1H3,(H,21,24,27)/b10-6+. The van der Waals surface area contributed by atoms with E-state index < -0.39 is 11.8 Å². The normalized spacial score (nSPS) is 15.9. The predicted octanol–water partition coefficient (Wildman–Crippen LogP) is 3.65. The lowest BCUT2D eigenvalue weighted by atomic mass is 10.1. The lowest BCUT2D eigenvalue weighted by molar-refractivity contribution is -0.122. The zero-order valence-electron chi connectivity index (χ0n) is 13.8. The molecule has 6 nitrogen and oxygen atoms in total. The molecule has 1 fully saturated rings. The van der Waals surface area contributed by atoms with Gasteiger partial charge < -0.3 is 9.84 Å². The Morgan fingerprint density at radius 1 is 1.30 bits per heavy atom. The van der Waals surface area contributed by atoms with Crippen LogP contribution >= 0.6 is 39.7 Å². The molecule has 138 valence electrons. The van der Waals surface area contributed by atoms with Gasteiger partial charge in [0.2, 0.25) is 0 Å². The molecule has 2 N–H and O–H groups in total. The summed E-state index contributed by atoms with van der Waals surface area (Å²) in [6.07, 6.45) is 1.38. The molecule has 0 saturated carbocycles. The highest BCUT2D eigenvalue weighted by atomic mass is 79.9. The first-order valence-corrected chi connectivity index (χ1v) is 9.14. The topological polar surface area (TPSA) is 78.9 Å². The largest absolute Gasteiger partial charge is 0.503 e. The lowest BCUT2D eigenvalue weighted by Gasteiger charge is -2.29. The molecule has 0 aromatic heterocycles. The van der Waals surface area contributed by atoms with Gasteiger partial charge in [0.1, 0.15) is 5.57 Å². The molecular formula is C18H12BrClN2O4S. The van der Waals surface area contributed by atoms with Gasteiger partial charge in [0.25, 0.3) is 11.8 Å². The molecule has 27 heavy (non-hydrogen) atoms. The molecule has 2 aromatic rings. The number of carbonyl (C=O) groups is 2. The fourth-order valence-corrected chi connectivity index (χ4v) is 3.46. The number of amides is 2.